The van der Waals surface area contributed by atoms with Crippen LogP contribution in [0.4, 0.5) is 0 Å². The smallest absolute Gasteiger partial charge is 0.306 e. The minimum atomic E-state index is -0.762. The topological polar surface area (TPSA) is 78.9 Å². The molecular formula is C54H104O6. The van der Waals surface area contributed by atoms with Crippen LogP contribution in [0.2, 0.25) is 0 Å². The molecule has 0 saturated carbocycles. The van der Waals surface area contributed by atoms with Gasteiger partial charge in [-0.15, -0.1) is 0 Å². The molecule has 6 heteroatoms. The van der Waals surface area contributed by atoms with E-state index in [2.05, 4.69) is 34.6 Å². The fourth-order valence-electron chi connectivity index (χ4n) is 8.17. The molecule has 0 radical (unpaired) electrons. The Labute approximate surface area is 374 Å². The summed E-state index contributed by atoms with van der Waals surface area (Å²) < 4.78 is 16.8. The molecule has 356 valence electrons. The summed E-state index contributed by atoms with van der Waals surface area (Å²) in [4.78, 5) is 37.9. The highest BCUT2D eigenvalue weighted by Crippen LogP contribution is 2.18. The number of unbranched alkanes of at least 4 members (excludes halogenated alkanes) is 33. The summed E-state index contributed by atoms with van der Waals surface area (Å²) in [6.45, 7) is 11.3. The Morgan fingerprint density at radius 1 is 0.317 bits per heavy atom. The second-order valence-electron chi connectivity index (χ2n) is 19.5. The molecule has 60 heavy (non-hydrogen) atoms. The molecule has 0 aliphatic carbocycles. The van der Waals surface area contributed by atoms with Crippen molar-refractivity contribution in [2.45, 2.75) is 304 Å². The molecule has 6 nitrogen and oxygen atoms in total. The molecule has 0 bridgehead atoms. The van der Waals surface area contributed by atoms with E-state index in [-0.39, 0.29) is 31.1 Å². The number of ether oxygens (including phenoxy) is 3. The monoisotopic (exact) mass is 849 g/mol. The average molecular weight is 849 g/mol. The van der Waals surface area contributed by atoms with Gasteiger partial charge in [-0.05, 0) is 31.1 Å². The average Bonchev–Trinajstić information content (AvgIpc) is 3.22. The second-order valence-corrected chi connectivity index (χ2v) is 19.5. The molecule has 0 saturated heterocycles. The third kappa shape index (κ3) is 47.5. The summed E-state index contributed by atoms with van der Waals surface area (Å²) in [5.74, 6) is 0.746. The molecule has 0 unspecified atom stereocenters. The van der Waals surface area contributed by atoms with Crippen LogP contribution in [0.5, 0.6) is 0 Å². The molecule has 0 rings (SSSR count). The van der Waals surface area contributed by atoms with Gasteiger partial charge in [0.15, 0.2) is 6.10 Å². The maximum absolute atomic E-state index is 12.8. The number of carbonyl (C=O) groups excluding carboxylic acids is 3. The Balaban J connectivity index is 4.25. The van der Waals surface area contributed by atoms with Crippen LogP contribution < -0.4 is 0 Å². The van der Waals surface area contributed by atoms with E-state index in [0.717, 1.165) is 69.6 Å². The highest BCUT2D eigenvalue weighted by Gasteiger charge is 2.19. The number of esters is 3. The van der Waals surface area contributed by atoms with Gasteiger partial charge in [0.25, 0.3) is 0 Å². The summed E-state index contributed by atoms with van der Waals surface area (Å²) in [6, 6.07) is 0. The SMILES string of the molecule is CCCCCCCCCCCCCCCCCCCCC(=O)O[C@@H](COC(=O)CCCCCCCCCCCCCCC(C)C)COC(=O)CCCCCCCCC(C)C. The molecule has 0 fully saturated rings. The quantitative estimate of drug-likeness (QED) is 0.0345. The van der Waals surface area contributed by atoms with Gasteiger partial charge >= 0.3 is 17.9 Å². The predicted molar refractivity (Wildman–Crippen MR) is 256 cm³/mol. The molecule has 0 aliphatic rings. The zero-order chi connectivity index (χ0) is 44.0. The lowest BCUT2D eigenvalue weighted by molar-refractivity contribution is -0.167. The summed E-state index contributed by atoms with van der Waals surface area (Å²) in [5.41, 5.74) is 0. The first-order chi connectivity index (χ1) is 29.2. The van der Waals surface area contributed by atoms with E-state index in [1.54, 1.807) is 0 Å². The van der Waals surface area contributed by atoms with Gasteiger partial charge in [-0.1, -0.05) is 259 Å². The highest BCUT2D eigenvalue weighted by atomic mass is 16.6. The van der Waals surface area contributed by atoms with Crippen molar-refractivity contribution >= 4 is 17.9 Å². The van der Waals surface area contributed by atoms with Crippen LogP contribution in [0.1, 0.15) is 298 Å². The standard InChI is InChI=1S/C54H104O6/c1-6-7-8-9-10-11-12-13-14-15-16-17-18-23-26-29-36-41-46-54(57)60-51(48-59-53(56)45-40-35-31-30-33-38-43-50(4)5)47-58-52(55)44-39-34-28-25-22-20-19-21-24-27-32-37-42-49(2)3/h49-51H,6-48H2,1-5H3/t51-/m0/s1. The number of hydrogen-bond donors (Lipinski definition) is 0. The lowest BCUT2D eigenvalue weighted by Crippen LogP contribution is -2.30. The van der Waals surface area contributed by atoms with E-state index in [4.69, 9.17) is 14.2 Å². The highest BCUT2D eigenvalue weighted by molar-refractivity contribution is 5.71. The van der Waals surface area contributed by atoms with Gasteiger partial charge in [0.05, 0.1) is 0 Å². The van der Waals surface area contributed by atoms with Crippen LogP contribution in [-0.4, -0.2) is 37.2 Å². The fourth-order valence-corrected chi connectivity index (χ4v) is 8.17. The van der Waals surface area contributed by atoms with Crippen LogP contribution in [0.25, 0.3) is 0 Å². The van der Waals surface area contributed by atoms with E-state index in [0.29, 0.717) is 19.3 Å². The summed E-state index contributed by atoms with van der Waals surface area (Å²) in [7, 11) is 0. The number of hydrogen-bond acceptors (Lipinski definition) is 6. The van der Waals surface area contributed by atoms with Crippen LogP contribution in [0.3, 0.4) is 0 Å². The van der Waals surface area contributed by atoms with Crippen molar-refractivity contribution in [2.75, 3.05) is 13.2 Å². The molecule has 0 aliphatic heterocycles. The van der Waals surface area contributed by atoms with Gasteiger partial charge in [-0.3, -0.25) is 14.4 Å². The molecule has 0 amide bonds. The Bertz CT molecular complexity index is 916. The van der Waals surface area contributed by atoms with Crippen LogP contribution >= 0.6 is 0 Å². The largest absolute Gasteiger partial charge is 0.462 e. The maximum Gasteiger partial charge on any atom is 0.306 e. The molecule has 0 aromatic carbocycles. The summed E-state index contributed by atoms with van der Waals surface area (Å²) in [5, 5.41) is 0. The lowest BCUT2D eigenvalue weighted by atomic mass is 10.0. The number of rotatable bonds is 48. The van der Waals surface area contributed by atoms with Crippen molar-refractivity contribution in [3.63, 3.8) is 0 Å². The molecule has 1 atom stereocenters. The first-order valence-corrected chi connectivity index (χ1v) is 26.7. The van der Waals surface area contributed by atoms with Gasteiger partial charge in [0.1, 0.15) is 13.2 Å². The van der Waals surface area contributed by atoms with E-state index in [1.807, 2.05) is 0 Å². The molecule has 0 aromatic heterocycles. The van der Waals surface area contributed by atoms with Crippen molar-refractivity contribution in [1.82, 2.24) is 0 Å². The Hall–Kier alpha value is -1.59. The van der Waals surface area contributed by atoms with E-state index < -0.39 is 6.10 Å². The summed E-state index contributed by atoms with van der Waals surface area (Å²) >= 11 is 0. The van der Waals surface area contributed by atoms with E-state index >= 15 is 0 Å². The van der Waals surface area contributed by atoms with Crippen molar-refractivity contribution < 1.29 is 28.6 Å². The van der Waals surface area contributed by atoms with Gasteiger partial charge < -0.3 is 14.2 Å². The van der Waals surface area contributed by atoms with Crippen molar-refractivity contribution in [3.05, 3.63) is 0 Å². The minimum Gasteiger partial charge on any atom is -0.462 e. The maximum atomic E-state index is 12.8. The normalized spacial score (nSPS) is 12.1. The minimum absolute atomic E-state index is 0.0644. The molecule has 0 spiro atoms. The molecule has 0 heterocycles. The van der Waals surface area contributed by atoms with Gasteiger partial charge in [-0.2, -0.15) is 0 Å². The van der Waals surface area contributed by atoms with Crippen molar-refractivity contribution in [3.8, 4) is 0 Å². The molecule has 0 N–H and O–H groups in total. The predicted octanol–water partition coefficient (Wildman–Crippen LogP) is 17.3. The lowest BCUT2D eigenvalue weighted by Gasteiger charge is -2.18. The van der Waals surface area contributed by atoms with Crippen molar-refractivity contribution in [2.24, 2.45) is 11.8 Å². The van der Waals surface area contributed by atoms with E-state index in [1.165, 1.54) is 186 Å². The zero-order valence-corrected chi connectivity index (χ0v) is 41.1. The first-order valence-electron chi connectivity index (χ1n) is 26.7. The Morgan fingerprint density at radius 3 is 0.817 bits per heavy atom. The van der Waals surface area contributed by atoms with Crippen LogP contribution in [-0.2, 0) is 28.6 Å². The third-order valence-corrected chi connectivity index (χ3v) is 12.2. The van der Waals surface area contributed by atoms with Gasteiger partial charge in [0.2, 0.25) is 0 Å². The van der Waals surface area contributed by atoms with Crippen LogP contribution in [0, 0.1) is 11.8 Å². The van der Waals surface area contributed by atoms with Crippen molar-refractivity contribution in [1.29, 1.82) is 0 Å². The first kappa shape index (κ1) is 58.4. The molecular weight excluding hydrogens is 745 g/mol. The Kier molecular flexibility index (Phi) is 45.7. The summed E-state index contributed by atoms with van der Waals surface area (Å²) in [6.07, 6.45) is 48.2. The van der Waals surface area contributed by atoms with E-state index in [9.17, 15) is 14.4 Å². The fraction of sp³-hybridized carbons (Fsp3) is 0.944. The van der Waals surface area contributed by atoms with Gasteiger partial charge in [0, 0.05) is 19.3 Å². The second kappa shape index (κ2) is 46.9. The number of carbonyl (C=O) groups is 3. The van der Waals surface area contributed by atoms with Crippen LogP contribution in [0.15, 0.2) is 0 Å². The zero-order valence-electron chi connectivity index (χ0n) is 41.1. The molecule has 0 aromatic rings. The third-order valence-electron chi connectivity index (χ3n) is 12.2. The van der Waals surface area contributed by atoms with Gasteiger partial charge in [-0.25, -0.2) is 0 Å². The Morgan fingerprint density at radius 2 is 0.550 bits per heavy atom.